The second kappa shape index (κ2) is 9.18. The van der Waals surface area contributed by atoms with E-state index in [1.165, 1.54) is 10.5 Å². The zero-order valence-corrected chi connectivity index (χ0v) is 16.5. The summed E-state index contributed by atoms with van der Waals surface area (Å²) in [7, 11) is -1.68. The lowest BCUT2D eigenvalue weighted by Gasteiger charge is -2.26. The Kier molecular flexibility index (Phi) is 6.65. The summed E-state index contributed by atoms with van der Waals surface area (Å²) < 4.78 is 38.9. The zero-order valence-electron chi connectivity index (χ0n) is 15.7. The van der Waals surface area contributed by atoms with Crippen LogP contribution in [0, 0.1) is 0 Å². The highest BCUT2D eigenvalue weighted by atomic mass is 32.2. The summed E-state index contributed by atoms with van der Waals surface area (Å²) in [6.45, 7) is 1.64. The van der Waals surface area contributed by atoms with Gasteiger partial charge in [-0.05, 0) is 11.1 Å². The summed E-state index contributed by atoms with van der Waals surface area (Å²) in [5.41, 5.74) is 1.43. The molecule has 9 nitrogen and oxygen atoms in total. The third-order valence-corrected chi connectivity index (χ3v) is 6.17. The minimum atomic E-state index is -3.43. The van der Waals surface area contributed by atoms with E-state index in [4.69, 9.17) is 9.47 Å². The van der Waals surface area contributed by atoms with Crippen molar-refractivity contribution in [3.8, 4) is 5.75 Å². The number of hydrogen-bond acceptors (Lipinski definition) is 6. The van der Waals surface area contributed by atoms with Gasteiger partial charge >= 0.3 is 0 Å². The molecule has 1 aromatic carbocycles. The van der Waals surface area contributed by atoms with E-state index in [0.717, 1.165) is 5.56 Å². The maximum atomic E-state index is 12.7. The van der Waals surface area contributed by atoms with Gasteiger partial charge in [0, 0.05) is 26.7 Å². The van der Waals surface area contributed by atoms with Crippen molar-refractivity contribution in [3.63, 3.8) is 0 Å². The van der Waals surface area contributed by atoms with Crippen LogP contribution in [0.5, 0.6) is 5.75 Å². The molecule has 0 spiro atoms. The molecule has 1 aliphatic heterocycles. The van der Waals surface area contributed by atoms with Crippen LogP contribution in [-0.4, -0.2) is 61.3 Å². The van der Waals surface area contributed by atoms with Crippen LogP contribution in [0.3, 0.4) is 0 Å². The average Bonchev–Trinajstić information content (AvgIpc) is 3.11. The third kappa shape index (κ3) is 5.54. The van der Waals surface area contributed by atoms with Crippen LogP contribution in [-0.2, 0) is 38.9 Å². The number of ether oxygens (including phenoxy) is 2. The van der Waals surface area contributed by atoms with Gasteiger partial charge in [-0.3, -0.25) is 9.48 Å². The van der Waals surface area contributed by atoms with Gasteiger partial charge in [0.1, 0.15) is 0 Å². The number of benzene rings is 1. The molecule has 1 aromatic heterocycles. The van der Waals surface area contributed by atoms with Gasteiger partial charge < -0.3 is 14.8 Å². The molecule has 2 aromatic rings. The lowest BCUT2D eigenvalue weighted by atomic mass is 10.1. The number of nitrogens with zero attached hydrogens (tertiary/aromatic N) is 3. The third-order valence-electron chi connectivity index (χ3n) is 4.35. The second-order valence-electron chi connectivity index (χ2n) is 6.45. The van der Waals surface area contributed by atoms with Crippen molar-refractivity contribution in [3.05, 3.63) is 47.8 Å². The van der Waals surface area contributed by atoms with Crippen LogP contribution in [0.15, 0.2) is 36.7 Å². The molecule has 1 fully saturated rings. The van der Waals surface area contributed by atoms with E-state index in [2.05, 4.69) is 10.4 Å². The quantitative estimate of drug-likeness (QED) is 0.673. The monoisotopic (exact) mass is 408 g/mol. The van der Waals surface area contributed by atoms with Gasteiger partial charge in [-0.1, -0.05) is 24.3 Å². The standard InChI is InChI=1S/C18H24N4O5S/c1-21-12-17(11-20-21)27-13-18(23)19-10-15-4-2-3-5-16(15)14-28(24,25)22-6-8-26-9-7-22/h2-5,11-12H,6-10,13-14H2,1H3,(H,19,23). The summed E-state index contributed by atoms with van der Waals surface area (Å²) in [4.78, 5) is 12.0. The van der Waals surface area contributed by atoms with Gasteiger partial charge in [0.05, 0.1) is 31.4 Å². The topological polar surface area (TPSA) is 103 Å². The molecular weight excluding hydrogens is 384 g/mol. The summed E-state index contributed by atoms with van der Waals surface area (Å²) in [5, 5.41) is 6.73. The first-order valence-corrected chi connectivity index (χ1v) is 10.6. The van der Waals surface area contributed by atoms with Crippen molar-refractivity contribution in [2.75, 3.05) is 32.9 Å². The van der Waals surface area contributed by atoms with E-state index in [9.17, 15) is 13.2 Å². The molecule has 0 bridgehead atoms. The fraction of sp³-hybridized carbons (Fsp3) is 0.444. The Balaban J connectivity index is 1.56. The molecule has 2 heterocycles. The zero-order chi connectivity index (χ0) is 20.0. The Morgan fingerprint density at radius 2 is 1.96 bits per heavy atom. The van der Waals surface area contributed by atoms with E-state index in [0.29, 0.717) is 37.6 Å². The lowest BCUT2D eigenvalue weighted by molar-refractivity contribution is -0.123. The molecule has 1 amide bonds. The van der Waals surface area contributed by atoms with Crippen molar-refractivity contribution in [1.82, 2.24) is 19.4 Å². The summed E-state index contributed by atoms with van der Waals surface area (Å²) in [6.07, 6.45) is 3.19. The minimum absolute atomic E-state index is 0.106. The van der Waals surface area contributed by atoms with Crippen molar-refractivity contribution < 1.29 is 22.7 Å². The van der Waals surface area contributed by atoms with E-state index in [1.807, 2.05) is 12.1 Å². The van der Waals surface area contributed by atoms with Crippen LogP contribution in [0.2, 0.25) is 0 Å². The predicted octanol–water partition coefficient (Wildman–Crippen LogP) is 0.277. The largest absolute Gasteiger partial charge is 0.480 e. The Labute approximate surface area is 164 Å². The number of carbonyl (C=O) groups is 1. The maximum Gasteiger partial charge on any atom is 0.258 e. The van der Waals surface area contributed by atoms with Crippen LogP contribution in [0.1, 0.15) is 11.1 Å². The Morgan fingerprint density at radius 1 is 1.25 bits per heavy atom. The SMILES string of the molecule is Cn1cc(OCC(=O)NCc2ccccc2CS(=O)(=O)N2CCOCC2)cn1. The number of sulfonamides is 1. The first-order valence-electron chi connectivity index (χ1n) is 8.94. The van der Waals surface area contributed by atoms with Gasteiger partial charge in [0.2, 0.25) is 10.0 Å². The molecule has 10 heteroatoms. The highest BCUT2D eigenvalue weighted by Crippen LogP contribution is 2.16. The highest BCUT2D eigenvalue weighted by Gasteiger charge is 2.25. The lowest BCUT2D eigenvalue weighted by Crippen LogP contribution is -2.41. The van der Waals surface area contributed by atoms with Gasteiger partial charge in [-0.2, -0.15) is 9.40 Å². The van der Waals surface area contributed by atoms with Crippen molar-refractivity contribution in [1.29, 1.82) is 0 Å². The molecular formula is C18H24N4O5S. The van der Waals surface area contributed by atoms with Gasteiger partial charge in [0.25, 0.3) is 5.91 Å². The van der Waals surface area contributed by atoms with Crippen molar-refractivity contribution >= 4 is 15.9 Å². The van der Waals surface area contributed by atoms with Gasteiger partial charge in [-0.25, -0.2) is 8.42 Å². The number of aromatic nitrogens is 2. The number of morpholine rings is 1. The molecule has 1 saturated heterocycles. The fourth-order valence-corrected chi connectivity index (χ4v) is 4.41. The molecule has 152 valence electrons. The molecule has 0 aliphatic carbocycles. The molecule has 1 aliphatic rings. The number of carbonyl (C=O) groups excluding carboxylic acids is 1. The highest BCUT2D eigenvalue weighted by molar-refractivity contribution is 7.88. The van der Waals surface area contributed by atoms with Gasteiger partial charge in [-0.15, -0.1) is 0 Å². The first kappa shape index (κ1) is 20.3. The smallest absolute Gasteiger partial charge is 0.258 e. The molecule has 0 radical (unpaired) electrons. The van der Waals surface area contributed by atoms with Crippen LogP contribution in [0.4, 0.5) is 0 Å². The molecule has 3 rings (SSSR count). The molecule has 0 unspecified atom stereocenters. The van der Waals surface area contributed by atoms with Crippen molar-refractivity contribution in [2.45, 2.75) is 12.3 Å². The normalized spacial score (nSPS) is 15.3. The summed E-state index contributed by atoms with van der Waals surface area (Å²) >= 11 is 0. The first-order chi connectivity index (χ1) is 13.4. The summed E-state index contributed by atoms with van der Waals surface area (Å²) in [6, 6.07) is 7.19. The fourth-order valence-electron chi connectivity index (χ4n) is 2.85. The Hall–Kier alpha value is -2.43. The van der Waals surface area contributed by atoms with Gasteiger partial charge in [0.15, 0.2) is 12.4 Å². The predicted molar refractivity (Wildman–Crippen MR) is 102 cm³/mol. The average molecular weight is 408 g/mol. The second-order valence-corrected chi connectivity index (χ2v) is 8.42. The number of aryl methyl sites for hydroxylation is 1. The Morgan fingerprint density at radius 3 is 2.64 bits per heavy atom. The number of hydrogen-bond donors (Lipinski definition) is 1. The van der Waals surface area contributed by atoms with Crippen LogP contribution >= 0.6 is 0 Å². The molecule has 1 N–H and O–H groups in total. The van der Waals surface area contributed by atoms with E-state index in [-0.39, 0.29) is 24.8 Å². The van der Waals surface area contributed by atoms with E-state index in [1.54, 1.807) is 30.1 Å². The van der Waals surface area contributed by atoms with Crippen molar-refractivity contribution in [2.24, 2.45) is 7.05 Å². The van der Waals surface area contributed by atoms with Crippen LogP contribution < -0.4 is 10.1 Å². The van der Waals surface area contributed by atoms with E-state index < -0.39 is 10.0 Å². The number of amides is 1. The molecule has 28 heavy (non-hydrogen) atoms. The minimum Gasteiger partial charge on any atom is -0.480 e. The molecule has 0 atom stereocenters. The number of rotatable bonds is 8. The van der Waals surface area contributed by atoms with Crippen LogP contribution in [0.25, 0.3) is 0 Å². The number of nitrogens with one attached hydrogen (secondary N) is 1. The Bertz CT molecular complexity index is 906. The maximum absolute atomic E-state index is 12.7. The molecule has 0 saturated carbocycles. The summed E-state index contributed by atoms with van der Waals surface area (Å²) in [5.74, 6) is 0.106. The van der Waals surface area contributed by atoms with E-state index >= 15 is 0 Å².